The molecule has 0 bridgehead atoms. The molecule has 152 valence electrons. The van der Waals surface area contributed by atoms with Crippen LogP contribution < -0.4 is 4.18 Å². The lowest BCUT2D eigenvalue weighted by Gasteiger charge is -2.13. The molecule has 0 aliphatic heterocycles. The molecule has 0 saturated heterocycles. The molecule has 1 rings (SSSR count). The fourth-order valence-corrected chi connectivity index (χ4v) is 2.02. The minimum atomic E-state index is -6.03. The molecule has 27 heavy (non-hydrogen) atoms. The number of ether oxygens (including phenoxy) is 4. The van der Waals surface area contributed by atoms with E-state index in [-0.39, 0.29) is 18.8 Å². The number of rotatable bonds is 9. The number of halogens is 3. The maximum atomic E-state index is 12.4. The SMILES string of the molecule is COCCOCOC(=O)c1ccc(OS(=O)(=O)C(F)(F)F)c(C(=O)OC)c1. The van der Waals surface area contributed by atoms with Gasteiger partial charge in [-0.15, -0.1) is 0 Å². The number of alkyl halides is 3. The van der Waals surface area contributed by atoms with Crippen molar-refractivity contribution in [3.63, 3.8) is 0 Å². The van der Waals surface area contributed by atoms with Gasteiger partial charge in [0.15, 0.2) is 12.5 Å². The molecule has 0 aliphatic rings. The van der Waals surface area contributed by atoms with Crippen molar-refractivity contribution in [3.8, 4) is 5.75 Å². The van der Waals surface area contributed by atoms with E-state index in [1.54, 1.807) is 0 Å². The molecular weight excluding hydrogens is 401 g/mol. The van der Waals surface area contributed by atoms with Gasteiger partial charge in [-0.1, -0.05) is 0 Å². The van der Waals surface area contributed by atoms with Gasteiger partial charge < -0.3 is 23.1 Å². The summed E-state index contributed by atoms with van der Waals surface area (Å²) in [6.07, 6.45) is 0. The van der Waals surface area contributed by atoms with Gasteiger partial charge in [0.05, 0.1) is 25.9 Å². The lowest BCUT2D eigenvalue weighted by molar-refractivity contribution is -0.0501. The van der Waals surface area contributed by atoms with Crippen molar-refractivity contribution in [3.05, 3.63) is 29.3 Å². The van der Waals surface area contributed by atoms with Crippen molar-refractivity contribution < 1.29 is 54.3 Å². The van der Waals surface area contributed by atoms with E-state index in [2.05, 4.69) is 8.92 Å². The number of carbonyl (C=O) groups excluding carboxylic acids is 2. The zero-order valence-corrected chi connectivity index (χ0v) is 14.9. The summed E-state index contributed by atoms with van der Waals surface area (Å²) >= 11 is 0. The average molecular weight is 416 g/mol. The molecule has 0 radical (unpaired) electrons. The van der Waals surface area contributed by atoms with E-state index in [9.17, 15) is 31.2 Å². The maximum Gasteiger partial charge on any atom is 0.534 e. The second kappa shape index (κ2) is 9.53. The van der Waals surface area contributed by atoms with Crippen LogP contribution in [0.4, 0.5) is 13.2 Å². The smallest absolute Gasteiger partial charge is 0.465 e. The standard InChI is InChI=1S/C14H15F3O9S/c1-22-5-6-24-8-25-12(18)9-3-4-11(10(7-9)13(19)23-2)26-27(20,21)14(15,16)17/h3-4,7H,5-6,8H2,1-2H3. The maximum absolute atomic E-state index is 12.4. The first kappa shape index (κ1) is 22.7. The van der Waals surface area contributed by atoms with Gasteiger partial charge in [0.1, 0.15) is 5.56 Å². The van der Waals surface area contributed by atoms with Crippen LogP contribution in [-0.2, 0) is 29.1 Å². The molecule has 0 amide bonds. The van der Waals surface area contributed by atoms with Crippen LogP contribution in [0.1, 0.15) is 20.7 Å². The molecule has 0 atom stereocenters. The van der Waals surface area contributed by atoms with Gasteiger partial charge in [0.25, 0.3) is 0 Å². The normalized spacial score (nSPS) is 11.7. The van der Waals surface area contributed by atoms with Crippen molar-refractivity contribution in [1.82, 2.24) is 0 Å². The summed E-state index contributed by atoms with van der Waals surface area (Å²) < 4.78 is 82.2. The van der Waals surface area contributed by atoms with Gasteiger partial charge in [0, 0.05) is 7.11 Å². The molecule has 0 heterocycles. The van der Waals surface area contributed by atoms with Crippen molar-refractivity contribution >= 4 is 22.1 Å². The highest BCUT2D eigenvalue weighted by Gasteiger charge is 2.49. The zero-order chi connectivity index (χ0) is 20.7. The third-order valence-electron chi connectivity index (χ3n) is 2.81. The Balaban J connectivity index is 3.03. The van der Waals surface area contributed by atoms with Crippen LogP contribution in [0.2, 0.25) is 0 Å². The number of hydrogen-bond donors (Lipinski definition) is 0. The van der Waals surface area contributed by atoms with Crippen LogP contribution in [0.5, 0.6) is 5.75 Å². The molecule has 0 spiro atoms. The number of benzene rings is 1. The minimum Gasteiger partial charge on any atom is -0.465 e. The Morgan fingerprint density at radius 2 is 1.74 bits per heavy atom. The first-order valence-electron chi connectivity index (χ1n) is 7.00. The second-order valence-electron chi connectivity index (χ2n) is 4.64. The van der Waals surface area contributed by atoms with Gasteiger partial charge >= 0.3 is 27.6 Å². The molecule has 0 fully saturated rings. The van der Waals surface area contributed by atoms with E-state index >= 15 is 0 Å². The van der Waals surface area contributed by atoms with Gasteiger partial charge in [-0.2, -0.15) is 21.6 Å². The van der Waals surface area contributed by atoms with Crippen LogP contribution in [-0.4, -0.2) is 60.1 Å². The fraction of sp³-hybridized carbons (Fsp3) is 0.429. The molecule has 0 saturated carbocycles. The van der Waals surface area contributed by atoms with E-state index in [4.69, 9.17) is 14.2 Å². The van der Waals surface area contributed by atoms with Gasteiger partial charge in [-0.25, -0.2) is 9.59 Å². The summed E-state index contributed by atoms with van der Waals surface area (Å²) in [6, 6.07) is 2.37. The third-order valence-corrected chi connectivity index (χ3v) is 3.77. The second-order valence-corrected chi connectivity index (χ2v) is 6.17. The Bertz CT molecular complexity index is 775. The molecule has 0 aromatic heterocycles. The highest BCUT2D eigenvalue weighted by Crippen LogP contribution is 2.30. The summed E-state index contributed by atoms with van der Waals surface area (Å²) in [6.45, 7) is -0.0561. The van der Waals surface area contributed by atoms with Crippen LogP contribution in [0.3, 0.4) is 0 Å². The molecular formula is C14H15F3O9S. The number of hydrogen-bond acceptors (Lipinski definition) is 9. The van der Waals surface area contributed by atoms with E-state index in [0.717, 1.165) is 19.2 Å². The van der Waals surface area contributed by atoms with Gasteiger partial charge in [-0.05, 0) is 18.2 Å². The molecule has 0 unspecified atom stereocenters. The largest absolute Gasteiger partial charge is 0.534 e. The highest BCUT2D eigenvalue weighted by atomic mass is 32.2. The monoisotopic (exact) mass is 416 g/mol. The first-order valence-corrected chi connectivity index (χ1v) is 8.41. The summed E-state index contributed by atoms with van der Waals surface area (Å²) in [7, 11) is -3.69. The Morgan fingerprint density at radius 3 is 2.30 bits per heavy atom. The topological polar surface area (TPSA) is 114 Å². The Morgan fingerprint density at radius 1 is 1.07 bits per heavy atom. The van der Waals surface area contributed by atoms with Crippen LogP contribution in [0, 0.1) is 0 Å². The highest BCUT2D eigenvalue weighted by molar-refractivity contribution is 7.88. The Hall–Kier alpha value is -2.38. The summed E-state index contributed by atoms with van der Waals surface area (Å²) in [5, 5.41) is 0. The summed E-state index contributed by atoms with van der Waals surface area (Å²) in [4.78, 5) is 23.6. The molecule has 9 nitrogen and oxygen atoms in total. The summed E-state index contributed by atoms with van der Waals surface area (Å²) in [5.41, 5.74) is -6.71. The van der Waals surface area contributed by atoms with Crippen molar-refractivity contribution in [2.75, 3.05) is 34.2 Å². The van der Waals surface area contributed by atoms with Crippen LogP contribution >= 0.6 is 0 Å². The van der Waals surface area contributed by atoms with Crippen LogP contribution in [0.15, 0.2) is 18.2 Å². The van der Waals surface area contributed by atoms with E-state index < -0.39 is 45.7 Å². The van der Waals surface area contributed by atoms with Crippen LogP contribution in [0.25, 0.3) is 0 Å². The van der Waals surface area contributed by atoms with E-state index in [1.165, 1.54) is 7.11 Å². The third kappa shape index (κ3) is 6.37. The molecule has 0 aliphatic carbocycles. The molecule has 1 aromatic rings. The van der Waals surface area contributed by atoms with Gasteiger partial charge in [-0.3, -0.25) is 0 Å². The number of carbonyl (C=O) groups is 2. The molecule has 13 heteroatoms. The number of esters is 2. The molecule has 0 N–H and O–H groups in total. The van der Waals surface area contributed by atoms with Crippen molar-refractivity contribution in [2.45, 2.75) is 5.51 Å². The zero-order valence-electron chi connectivity index (χ0n) is 14.1. The first-order chi connectivity index (χ1) is 12.5. The van der Waals surface area contributed by atoms with E-state index in [0.29, 0.717) is 6.07 Å². The fourth-order valence-electron chi connectivity index (χ4n) is 1.54. The molecule has 1 aromatic carbocycles. The lowest BCUT2D eigenvalue weighted by atomic mass is 10.1. The minimum absolute atomic E-state index is 0.138. The predicted molar refractivity (Wildman–Crippen MR) is 81.5 cm³/mol. The predicted octanol–water partition coefficient (Wildman–Crippen LogP) is 1.48. The van der Waals surface area contributed by atoms with E-state index in [1.807, 2.05) is 0 Å². The van der Waals surface area contributed by atoms with Crippen molar-refractivity contribution in [2.24, 2.45) is 0 Å². The Labute approximate surface area is 152 Å². The van der Waals surface area contributed by atoms with Gasteiger partial charge in [0.2, 0.25) is 0 Å². The summed E-state index contributed by atoms with van der Waals surface area (Å²) in [5.74, 6) is -3.18. The Kier molecular flexibility index (Phi) is 7.99. The lowest BCUT2D eigenvalue weighted by Crippen LogP contribution is -2.28. The quantitative estimate of drug-likeness (QED) is 0.194. The number of methoxy groups -OCH3 is 2. The average Bonchev–Trinajstić information content (AvgIpc) is 2.59. The van der Waals surface area contributed by atoms with Crippen molar-refractivity contribution in [1.29, 1.82) is 0 Å².